The summed E-state index contributed by atoms with van der Waals surface area (Å²) >= 11 is 0. The van der Waals surface area contributed by atoms with Crippen LogP contribution in [0.15, 0.2) is 84.9 Å². The molecule has 0 aromatic heterocycles. The van der Waals surface area contributed by atoms with Gasteiger partial charge in [0.25, 0.3) is 0 Å². The van der Waals surface area contributed by atoms with Crippen LogP contribution in [0.1, 0.15) is 11.1 Å². The fraction of sp³-hybridized carbons (Fsp3) is 0.250. The zero-order chi connectivity index (χ0) is 19.9. The Morgan fingerprint density at radius 1 is 0.464 bits per heavy atom. The Bertz CT molecular complexity index is 774. The van der Waals surface area contributed by atoms with Crippen LogP contribution in [0.5, 0.6) is 0 Å². The highest BCUT2D eigenvalue weighted by Crippen LogP contribution is 2.32. The predicted molar refractivity (Wildman–Crippen MR) is 119 cm³/mol. The van der Waals surface area contributed by atoms with Gasteiger partial charge in [-0.1, -0.05) is 72.8 Å². The van der Waals surface area contributed by atoms with E-state index in [9.17, 15) is 0 Å². The van der Waals surface area contributed by atoms with Gasteiger partial charge in [-0.15, -0.1) is 0 Å². The third-order valence-corrected chi connectivity index (χ3v) is 4.75. The second-order valence-electron chi connectivity index (χ2n) is 7.27. The summed E-state index contributed by atoms with van der Waals surface area (Å²) in [7, 11) is 8.38. The lowest BCUT2D eigenvalue weighted by Crippen LogP contribution is -2.41. The number of hydrogen-bond acceptors (Lipinski definition) is 4. The second-order valence-corrected chi connectivity index (χ2v) is 7.27. The number of hydrazine groups is 2. The second kappa shape index (κ2) is 9.40. The van der Waals surface area contributed by atoms with E-state index in [2.05, 4.69) is 133 Å². The maximum absolute atomic E-state index is 2.31. The van der Waals surface area contributed by atoms with Crippen molar-refractivity contribution in [3.8, 4) is 0 Å². The van der Waals surface area contributed by atoms with E-state index in [0.717, 1.165) is 13.1 Å². The van der Waals surface area contributed by atoms with Gasteiger partial charge in [0, 0.05) is 28.2 Å². The molecule has 0 fully saturated rings. The van der Waals surface area contributed by atoms with Gasteiger partial charge in [0.15, 0.2) is 0 Å². The Morgan fingerprint density at radius 3 is 1.11 bits per heavy atom. The molecule has 0 atom stereocenters. The molecule has 28 heavy (non-hydrogen) atoms. The first kappa shape index (κ1) is 19.9. The van der Waals surface area contributed by atoms with Crippen molar-refractivity contribution < 1.29 is 0 Å². The molecule has 0 N–H and O–H groups in total. The molecule has 3 rings (SSSR count). The first-order valence-electron chi connectivity index (χ1n) is 9.62. The molecule has 3 aromatic rings. The molecule has 146 valence electrons. The zero-order valence-electron chi connectivity index (χ0n) is 17.3. The minimum Gasteiger partial charge on any atom is -0.300 e. The van der Waals surface area contributed by atoms with Crippen molar-refractivity contribution in [3.63, 3.8) is 0 Å². The summed E-state index contributed by atoms with van der Waals surface area (Å²) in [5.74, 6) is 0. The Balaban J connectivity index is 1.97. The molecule has 0 saturated carbocycles. The monoisotopic (exact) mass is 374 g/mol. The van der Waals surface area contributed by atoms with Crippen LogP contribution < -0.4 is 10.0 Å². The molecular weight excluding hydrogens is 344 g/mol. The van der Waals surface area contributed by atoms with Crippen molar-refractivity contribution >= 4 is 11.4 Å². The van der Waals surface area contributed by atoms with E-state index < -0.39 is 0 Å². The minimum absolute atomic E-state index is 0.817. The van der Waals surface area contributed by atoms with E-state index in [-0.39, 0.29) is 0 Å². The van der Waals surface area contributed by atoms with Gasteiger partial charge in [0.1, 0.15) is 0 Å². The maximum Gasteiger partial charge on any atom is 0.0773 e. The van der Waals surface area contributed by atoms with Gasteiger partial charge in [0.2, 0.25) is 0 Å². The van der Waals surface area contributed by atoms with Crippen LogP contribution in [0.25, 0.3) is 0 Å². The standard InChI is InChI=1S/C24H30N4/c1-25(2)27(19-21-13-7-5-8-14-21)23-17-11-12-18-24(23)28(26(3)4)20-22-15-9-6-10-16-22/h5-18H,19-20H2,1-4H3. The summed E-state index contributed by atoms with van der Waals surface area (Å²) in [5.41, 5.74) is 4.93. The quantitative estimate of drug-likeness (QED) is 0.532. The molecule has 3 aromatic carbocycles. The van der Waals surface area contributed by atoms with Crippen molar-refractivity contribution in [3.05, 3.63) is 96.1 Å². The molecule has 0 aliphatic carbocycles. The third-order valence-electron chi connectivity index (χ3n) is 4.75. The van der Waals surface area contributed by atoms with E-state index in [4.69, 9.17) is 0 Å². The highest BCUT2D eigenvalue weighted by molar-refractivity contribution is 5.70. The average molecular weight is 375 g/mol. The number of para-hydroxylation sites is 2. The number of benzene rings is 3. The SMILES string of the molecule is CN(C)N(Cc1ccccc1)c1ccccc1N(Cc1ccccc1)N(C)C. The van der Waals surface area contributed by atoms with Crippen LogP contribution in [0, 0.1) is 0 Å². The highest BCUT2D eigenvalue weighted by atomic mass is 15.6. The topological polar surface area (TPSA) is 13.0 Å². The van der Waals surface area contributed by atoms with Gasteiger partial charge in [-0.05, 0) is 23.3 Å². The maximum atomic E-state index is 2.31. The van der Waals surface area contributed by atoms with Gasteiger partial charge in [-0.3, -0.25) is 10.0 Å². The van der Waals surface area contributed by atoms with Crippen LogP contribution in [0.2, 0.25) is 0 Å². The Morgan fingerprint density at radius 2 is 0.786 bits per heavy atom. The molecule has 4 nitrogen and oxygen atoms in total. The highest BCUT2D eigenvalue weighted by Gasteiger charge is 2.19. The molecule has 0 unspecified atom stereocenters. The summed E-state index contributed by atoms with van der Waals surface area (Å²) in [4.78, 5) is 0. The molecule has 4 heteroatoms. The molecule has 0 spiro atoms. The van der Waals surface area contributed by atoms with Gasteiger partial charge in [-0.2, -0.15) is 0 Å². The van der Waals surface area contributed by atoms with Crippen molar-refractivity contribution in [2.45, 2.75) is 13.1 Å². The van der Waals surface area contributed by atoms with E-state index in [1.807, 2.05) is 0 Å². The first-order chi connectivity index (χ1) is 13.6. The molecule has 0 heterocycles. The van der Waals surface area contributed by atoms with Crippen LogP contribution in [0.4, 0.5) is 11.4 Å². The van der Waals surface area contributed by atoms with Gasteiger partial charge in [0.05, 0.1) is 24.5 Å². The number of rotatable bonds is 8. The van der Waals surface area contributed by atoms with E-state index in [1.165, 1.54) is 22.5 Å². The van der Waals surface area contributed by atoms with Crippen LogP contribution >= 0.6 is 0 Å². The van der Waals surface area contributed by atoms with Crippen molar-refractivity contribution in [2.75, 3.05) is 38.2 Å². The summed E-state index contributed by atoms with van der Waals surface area (Å²) in [6.07, 6.45) is 0. The lowest BCUT2D eigenvalue weighted by molar-refractivity contribution is 0.352. The van der Waals surface area contributed by atoms with Crippen molar-refractivity contribution in [1.82, 2.24) is 10.0 Å². The van der Waals surface area contributed by atoms with Crippen LogP contribution in [-0.2, 0) is 13.1 Å². The van der Waals surface area contributed by atoms with Crippen LogP contribution in [-0.4, -0.2) is 38.2 Å². The molecule has 0 amide bonds. The summed E-state index contributed by atoms with van der Waals surface area (Å²) in [6, 6.07) is 29.8. The van der Waals surface area contributed by atoms with Gasteiger partial charge >= 0.3 is 0 Å². The predicted octanol–water partition coefficient (Wildman–Crippen LogP) is 4.65. The number of hydrogen-bond donors (Lipinski definition) is 0. The first-order valence-corrected chi connectivity index (χ1v) is 9.62. The largest absolute Gasteiger partial charge is 0.300 e. The molecule has 0 bridgehead atoms. The molecule has 0 saturated heterocycles. The lowest BCUT2D eigenvalue weighted by Gasteiger charge is -2.38. The fourth-order valence-corrected chi connectivity index (χ4v) is 3.30. The summed E-state index contributed by atoms with van der Waals surface area (Å²) in [5, 5.41) is 8.93. The Kier molecular flexibility index (Phi) is 6.69. The van der Waals surface area contributed by atoms with Crippen molar-refractivity contribution in [2.24, 2.45) is 0 Å². The fourth-order valence-electron chi connectivity index (χ4n) is 3.30. The van der Waals surface area contributed by atoms with Crippen LogP contribution in [0.3, 0.4) is 0 Å². The van der Waals surface area contributed by atoms with Gasteiger partial charge < -0.3 is 0 Å². The molecule has 0 radical (unpaired) electrons. The normalized spacial score (nSPS) is 11.1. The third kappa shape index (κ3) is 4.91. The molecule has 0 aliphatic rings. The van der Waals surface area contributed by atoms with E-state index in [0.29, 0.717) is 0 Å². The molecular formula is C24H30N4. The van der Waals surface area contributed by atoms with Gasteiger partial charge in [-0.25, -0.2) is 10.0 Å². The minimum atomic E-state index is 0.817. The van der Waals surface area contributed by atoms with E-state index in [1.54, 1.807) is 0 Å². The smallest absolute Gasteiger partial charge is 0.0773 e. The summed E-state index contributed by atoms with van der Waals surface area (Å²) in [6.45, 7) is 1.63. The zero-order valence-corrected chi connectivity index (χ0v) is 17.3. The Hall–Kier alpha value is -2.82. The summed E-state index contributed by atoms with van der Waals surface area (Å²) < 4.78 is 0. The average Bonchev–Trinajstić information content (AvgIpc) is 2.71. The lowest BCUT2D eigenvalue weighted by atomic mass is 10.1. The van der Waals surface area contributed by atoms with E-state index >= 15 is 0 Å². The number of anilines is 2. The van der Waals surface area contributed by atoms with Crippen molar-refractivity contribution in [1.29, 1.82) is 0 Å². The Labute approximate surface area is 169 Å². The number of nitrogens with zero attached hydrogens (tertiary/aromatic N) is 4. The molecule has 0 aliphatic heterocycles.